The molecule has 3 rings (SSSR count). The van der Waals surface area contributed by atoms with Crippen LogP contribution in [0.4, 0.5) is 5.69 Å². The topological polar surface area (TPSA) is 182 Å². The summed E-state index contributed by atoms with van der Waals surface area (Å²) in [5.74, 6) is -0.799. The summed E-state index contributed by atoms with van der Waals surface area (Å²) in [6.07, 6.45) is 4.94. The van der Waals surface area contributed by atoms with E-state index in [1.165, 1.54) is 26.0 Å². The summed E-state index contributed by atoms with van der Waals surface area (Å²) in [4.78, 5) is 69.4. The number of rotatable bonds is 12. The molecular weight excluding hydrogens is 530 g/mol. The first-order chi connectivity index (χ1) is 19.3. The Bertz CT molecular complexity index is 1570. The van der Waals surface area contributed by atoms with Crippen molar-refractivity contribution in [3.8, 4) is 12.3 Å². The second kappa shape index (κ2) is 12.8. The lowest BCUT2D eigenvalue weighted by molar-refractivity contribution is -0.146. The van der Waals surface area contributed by atoms with E-state index in [0.717, 1.165) is 5.56 Å². The number of fused-ring (bicyclic) bond motifs is 1. The van der Waals surface area contributed by atoms with Crippen LogP contribution in [0.25, 0.3) is 10.9 Å². The highest BCUT2D eigenvalue weighted by Crippen LogP contribution is 2.20. The summed E-state index contributed by atoms with van der Waals surface area (Å²) in [5, 5.41) is 23.6. The Morgan fingerprint density at radius 2 is 1.80 bits per heavy atom. The summed E-state index contributed by atoms with van der Waals surface area (Å²) in [6.45, 7) is 4.87. The SMILES string of the molecule is C#CCN(Cc1ccc2nc(C)[nH]c(=O)c2c1)c1ccc(C(=O)N[C@@H](CCC(=O)O)C(=O)NC(C)(C)C(=O)O)cc1. The average molecular weight is 562 g/mol. The summed E-state index contributed by atoms with van der Waals surface area (Å²) in [6, 6.07) is 10.5. The van der Waals surface area contributed by atoms with Crippen LogP contribution < -0.4 is 21.1 Å². The van der Waals surface area contributed by atoms with Gasteiger partial charge in [-0.2, -0.15) is 0 Å². The van der Waals surface area contributed by atoms with E-state index in [1.54, 1.807) is 31.2 Å². The van der Waals surface area contributed by atoms with E-state index < -0.39 is 41.8 Å². The first-order valence-corrected chi connectivity index (χ1v) is 12.7. The molecule has 1 atom stereocenters. The standard InChI is InChI=1S/C29H31N5O7/c1-5-14-34(16-18-6-11-22-21(15-18)26(38)31-17(2)30-22)20-9-7-19(8-10-20)25(37)32-23(12-13-24(35)36)27(39)33-29(3,4)28(40)41/h1,6-11,15,23H,12-14,16H2,2-4H3,(H,32,37)(H,33,39)(H,35,36)(H,40,41)(H,30,31,38)/t23-/m0/s1. The largest absolute Gasteiger partial charge is 0.481 e. The van der Waals surface area contributed by atoms with E-state index in [1.807, 2.05) is 11.0 Å². The molecule has 0 aliphatic carbocycles. The van der Waals surface area contributed by atoms with E-state index in [4.69, 9.17) is 11.5 Å². The van der Waals surface area contributed by atoms with Gasteiger partial charge in [-0.3, -0.25) is 19.2 Å². The Hall–Kier alpha value is -5.18. The predicted octanol–water partition coefficient (Wildman–Crippen LogP) is 1.81. The molecule has 0 saturated carbocycles. The average Bonchev–Trinajstić information content (AvgIpc) is 2.90. The summed E-state index contributed by atoms with van der Waals surface area (Å²) in [7, 11) is 0. The van der Waals surface area contributed by atoms with Gasteiger partial charge in [-0.05, 0) is 69.2 Å². The number of carbonyl (C=O) groups excluding carboxylic acids is 2. The lowest BCUT2D eigenvalue weighted by Gasteiger charge is -2.25. The maximum atomic E-state index is 12.9. The Morgan fingerprint density at radius 3 is 2.41 bits per heavy atom. The lowest BCUT2D eigenvalue weighted by atomic mass is 10.0. The van der Waals surface area contributed by atoms with Crippen molar-refractivity contribution in [1.82, 2.24) is 20.6 Å². The highest BCUT2D eigenvalue weighted by atomic mass is 16.4. The van der Waals surface area contributed by atoms with Gasteiger partial charge in [0.15, 0.2) is 0 Å². The van der Waals surface area contributed by atoms with Gasteiger partial charge >= 0.3 is 11.9 Å². The van der Waals surface area contributed by atoms with E-state index in [-0.39, 0.29) is 24.1 Å². The van der Waals surface area contributed by atoms with Gasteiger partial charge in [0, 0.05) is 24.2 Å². The van der Waals surface area contributed by atoms with E-state index in [9.17, 15) is 29.1 Å². The van der Waals surface area contributed by atoms with Crippen molar-refractivity contribution < 1.29 is 29.4 Å². The number of nitrogens with one attached hydrogen (secondary N) is 3. The van der Waals surface area contributed by atoms with Gasteiger partial charge in [0.05, 0.1) is 17.4 Å². The fraction of sp³-hybridized carbons (Fsp3) is 0.310. The first-order valence-electron chi connectivity index (χ1n) is 12.7. The molecule has 12 nitrogen and oxygen atoms in total. The maximum absolute atomic E-state index is 12.9. The van der Waals surface area contributed by atoms with Gasteiger partial charge in [-0.25, -0.2) is 9.78 Å². The number of aromatic nitrogens is 2. The monoisotopic (exact) mass is 561 g/mol. The van der Waals surface area contributed by atoms with Crippen LogP contribution in [0.5, 0.6) is 0 Å². The van der Waals surface area contributed by atoms with Crippen molar-refractivity contribution in [1.29, 1.82) is 0 Å². The van der Waals surface area contributed by atoms with Gasteiger partial charge in [0.1, 0.15) is 17.4 Å². The molecule has 0 bridgehead atoms. The molecule has 2 aromatic carbocycles. The molecule has 0 saturated heterocycles. The molecule has 5 N–H and O–H groups in total. The summed E-state index contributed by atoms with van der Waals surface area (Å²) in [5.41, 5.74) is 0.421. The van der Waals surface area contributed by atoms with Crippen LogP contribution in [0, 0.1) is 19.3 Å². The molecule has 0 radical (unpaired) electrons. The fourth-order valence-electron chi connectivity index (χ4n) is 4.02. The van der Waals surface area contributed by atoms with Crippen molar-refractivity contribution in [3.63, 3.8) is 0 Å². The number of hydrogen-bond acceptors (Lipinski definition) is 7. The number of H-pyrrole nitrogens is 1. The normalized spacial score (nSPS) is 11.8. The number of terminal acetylenes is 1. The molecule has 0 aliphatic rings. The van der Waals surface area contributed by atoms with Gasteiger partial charge < -0.3 is 30.7 Å². The van der Waals surface area contributed by atoms with Crippen molar-refractivity contribution >= 4 is 40.3 Å². The van der Waals surface area contributed by atoms with Crippen molar-refractivity contribution in [3.05, 3.63) is 69.8 Å². The molecule has 0 spiro atoms. The molecular formula is C29H31N5O7. The predicted molar refractivity (Wildman–Crippen MR) is 151 cm³/mol. The molecule has 0 unspecified atom stereocenters. The van der Waals surface area contributed by atoms with Crippen molar-refractivity contribution in [2.24, 2.45) is 0 Å². The zero-order chi connectivity index (χ0) is 30.3. The number of carboxylic acids is 2. The number of aliphatic carboxylic acids is 2. The van der Waals surface area contributed by atoms with Crippen LogP contribution >= 0.6 is 0 Å². The van der Waals surface area contributed by atoms with Crippen LogP contribution in [0.15, 0.2) is 47.3 Å². The number of benzene rings is 2. The van der Waals surface area contributed by atoms with Gasteiger partial charge in [-0.15, -0.1) is 6.42 Å². The number of amides is 2. The van der Waals surface area contributed by atoms with Crippen LogP contribution in [-0.4, -0.2) is 62.1 Å². The van der Waals surface area contributed by atoms with Gasteiger partial charge in [-0.1, -0.05) is 12.0 Å². The molecule has 1 aromatic heterocycles. The van der Waals surface area contributed by atoms with Gasteiger partial charge in [0.2, 0.25) is 5.91 Å². The molecule has 0 fully saturated rings. The van der Waals surface area contributed by atoms with Crippen LogP contribution in [0.3, 0.4) is 0 Å². The van der Waals surface area contributed by atoms with Gasteiger partial charge in [0.25, 0.3) is 11.5 Å². The number of aromatic amines is 1. The molecule has 0 aliphatic heterocycles. The molecule has 2 amide bonds. The summed E-state index contributed by atoms with van der Waals surface area (Å²) >= 11 is 0. The highest BCUT2D eigenvalue weighted by Gasteiger charge is 2.32. The zero-order valence-electron chi connectivity index (χ0n) is 22.9. The minimum absolute atomic E-state index is 0.193. The molecule has 1 heterocycles. The van der Waals surface area contributed by atoms with E-state index in [0.29, 0.717) is 29.0 Å². The quantitative estimate of drug-likeness (QED) is 0.206. The van der Waals surface area contributed by atoms with Crippen molar-refractivity contribution in [2.75, 3.05) is 11.4 Å². The van der Waals surface area contributed by atoms with Crippen molar-refractivity contribution in [2.45, 2.75) is 51.7 Å². The number of anilines is 1. The number of carbonyl (C=O) groups is 4. The number of hydrogen-bond donors (Lipinski definition) is 5. The van der Waals surface area contributed by atoms with E-state index >= 15 is 0 Å². The first kappa shape index (κ1) is 30.4. The van der Waals surface area contributed by atoms with Crippen LogP contribution in [0.1, 0.15) is 48.4 Å². The second-order valence-corrected chi connectivity index (χ2v) is 9.99. The molecule has 41 heavy (non-hydrogen) atoms. The second-order valence-electron chi connectivity index (χ2n) is 9.99. The minimum Gasteiger partial charge on any atom is -0.481 e. The Kier molecular flexibility index (Phi) is 9.47. The maximum Gasteiger partial charge on any atom is 0.328 e. The zero-order valence-corrected chi connectivity index (χ0v) is 22.9. The number of nitrogens with zero attached hydrogens (tertiary/aromatic N) is 2. The summed E-state index contributed by atoms with van der Waals surface area (Å²) < 4.78 is 0. The van der Waals surface area contributed by atoms with Crippen LogP contribution in [-0.2, 0) is 20.9 Å². The number of aryl methyl sites for hydroxylation is 1. The highest BCUT2D eigenvalue weighted by molar-refractivity contribution is 5.98. The number of carboxylic acid groups (broad SMARTS) is 2. The lowest BCUT2D eigenvalue weighted by Crippen LogP contribution is -2.56. The third kappa shape index (κ3) is 7.92. The Balaban J connectivity index is 1.77. The Morgan fingerprint density at radius 1 is 1.12 bits per heavy atom. The van der Waals surface area contributed by atoms with E-state index in [2.05, 4.69) is 26.5 Å². The molecule has 3 aromatic rings. The molecule has 214 valence electrons. The van der Waals surface area contributed by atoms with Crippen LogP contribution in [0.2, 0.25) is 0 Å². The molecule has 12 heteroatoms. The Labute approximate surface area is 235 Å². The third-order valence-electron chi connectivity index (χ3n) is 6.28. The smallest absolute Gasteiger partial charge is 0.328 e. The fourth-order valence-corrected chi connectivity index (χ4v) is 4.02. The minimum atomic E-state index is -1.63. The third-order valence-corrected chi connectivity index (χ3v) is 6.28.